The molecule has 3 nitrogen and oxygen atoms in total. The molecule has 0 saturated heterocycles. The second kappa shape index (κ2) is 4.02. The van der Waals surface area contributed by atoms with Crippen LogP contribution in [0.15, 0.2) is 0 Å². The van der Waals surface area contributed by atoms with E-state index in [-0.39, 0.29) is 12.8 Å². The van der Waals surface area contributed by atoms with Crippen molar-refractivity contribution in [2.45, 2.75) is 31.6 Å². The lowest BCUT2D eigenvalue weighted by atomic mass is 9.97. The zero-order chi connectivity index (χ0) is 10.8. The van der Waals surface area contributed by atoms with Crippen LogP contribution in [0.25, 0.3) is 0 Å². The Kier molecular flexibility index (Phi) is 3.18. The van der Waals surface area contributed by atoms with Gasteiger partial charge in [0.05, 0.1) is 7.11 Å². The summed E-state index contributed by atoms with van der Waals surface area (Å²) in [5.74, 6) is -6.79. The van der Waals surface area contributed by atoms with E-state index in [4.69, 9.17) is 0 Å². The summed E-state index contributed by atoms with van der Waals surface area (Å²) >= 11 is 0. The van der Waals surface area contributed by atoms with Gasteiger partial charge in [-0.05, 0) is 12.8 Å². The molecule has 0 aromatic heterocycles. The van der Waals surface area contributed by atoms with Gasteiger partial charge in [0.15, 0.2) is 0 Å². The molecule has 5 heteroatoms. The Morgan fingerprint density at radius 1 is 1.50 bits per heavy atom. The second-order valence-electron chi connectivity index (χ2n) is 3.39. The molecule has 1 aliphatic rings. The summed E-state index contributed by atoms with van der Waals surface area (Å²) in [5, 5.41) is 0. The van der Waals surface area contributed by atoms with Crippen LogP contribution in [0.3, 0.4) is 0 Å². The van der Waals surface area contributed by atoms with E-state index >= 15 is 0 Å². The van der Waals surface area contributed by atoms with E-state index in [2.05, 4.69) is 4.74 Å². The number of ketones is 1. The van der Waals surface area contributed by atoms with Crippen LogP contribution < -0.4 is 0 Å². The fourth-order valence-electron chi connectivity index (χ4n) is 1.57. The summed E-state index contributed by atoms with van der Waals surface area (Å²) in [6.07, 6.45) is 0.438. The number of ether oxygens (including phenoxy) is 1. The Labute approximate surface area is 80.4 Å². The second-order valence-corrected chi connectivity index (χ2v) is 3.39. The maximum Gasteiger partial charge on any atom is 0.316 e. The quantitative estimate of drug-likeness (QED) is 0.371. The van der Waals surface area contributed by atoms with Gasteiger partial charge in [0.2, 0.25) is 5.78 Å². The number of halogens is 2. The molecule has 1 fully saturated rings. The first-order valence-corrected chi connectivity index (χ1v) is 4.49. The predicted molar refractivity (Wildman–Crippen MR) is 43.9 cm³/mol. The molecule has 0 aromatic rings. The fraction of sp³-hybridized carbons (Fsp3) is 0.778. The van der Waals surface area contributed by atoms with Gasteiger partial charge in [-0.3, -0.25) is 9.59 Å². The van der Waals surface area contributed by atoms with Crippen LogP contribution in [0.4, 0.5) is 8.78 Å². The third kappa shape index (κ3) is 2.08. The molecule has 0 amide bonds. The minimum atomic E-state index is -3.37. The first-order valence-electron chi connectivity index (χ1n) is 4.49. The average molecular weight is 206 g/mol. The fourth-order valence-corrected chi connectivity index (χ4v) is 1.57. The smallest absolute Gasteiger partial charge is 0.316 e. The molecular weight excluding hydrogens is 194 g/mol. The number of hydrogen-bond donors (Lipinski definition) is 0. The zero-order valence-electron chi connectivity index (χ0n) is 7.89. The maximum absolute atomic E-state index is 13.0. The van der Waals surface area contributed by atoms with Crippen LogP contribution >= 0.6 is 0 Å². The summed E-state index contributed by atoms with van der Waals surface area (Å²) in [6, 6.07) is 0. The molecule has 1 atom stereocenters. The van der Waals surface area contributed by atoms with Crippen LogP contribution in [0.5, 0.6) is 0 Å². The minimum Gasteiger partial charge on any atom is -0.468 e. The first kappa shape index (κ1) is 11.1. The lowest BCUT2D eigenvalue weighted by Crippen LogP contribution is -2.37. The molecule has 1 unspecified atom stereocenters. The standard InChI is InChI=1S/C9H12F2O3/c1-14-8(13)6-4-2-3-5-9(10,11)7(6)12/h6H,2-5H2,1H3. The van der Waals surface area contributed by atoms with E-state index < -0.39 is 30.0 Å². The SMILES string of the molecule is COC(=O)C1CCCCC(F)(F)C1=O. The highest BCUT2D eigenvalue weighted by Gasteiger charge is 2.47. The number of rotatable bonds is 1. The van der Waals surface area contributed by atoms with Gasteiger partial charge in [0.25, 0.3) is 0 Å². The van der Waals surface area contributed by atoms with Gasteiger partial charge >= 0.3 is 11.9 Å². The largest absolute Gasteiger partial charge is 0.468 e. The highest BCUT2D eigenvalue weighted by molar-refractivity contribution is 6.02. The number of carbonyl (C=O) groups is 2. The Balaban J connectivity index is 2.84. The topological polar surface area (TPSA) is 43.4 Å². The average Bonchev–Trinajstić information content (AvgIpc) is 2.27. The predicted octanol–water partition coefficient (Wildman–Crippen LogP) is 1.55. The van der Waals surface area contributed by atoms with Crippen molar-refractivity contribution < 1.29 is 23.1 Å². The highest BCUT2D eigenvalue weighted by atomic mass is 19.3. The van der Waals surface area contributed by atoms with Gasteiger partial charge < -0.3 is 4.74 Å². The van der Waals surface area contributed by atoms with E-state index in [1.54, 1.807) is 0 Å². The van der Waals surface area contributed by atoms with Crippen molar-refractivity contribution in [2.24, 2.45) is 5.92 Å². The van der Waals surface area contributed by atoms with Crippen LogP contribution in [0.1, 0.15) is 25.7 Å². The van der Waals surface area contributed by atoms with Crippen molar-refractivity contribution >= 4 is 11.8 Å². The molecular formula is C9H12F2O3. The number of esters is 1. The van der Waals surface area contributed by atoms with Crippen molar-refractivity contribution in [1.29, 1.82) is 0 Å². The first-order chi connectivity index (χ1) is 6.49. The van der Waals surface area contributed by atoms with Gasteiger partial charge in [0.1, 0.15) is 5.92 Å². The highest BCUT2D eigenvalue weighted by Crippen LogP contribution is 2.32. The molecule has 0 spiro atoms. The Hall–Kier alpha value is -1.00. The van der Waals surface area contributed by atoms with E-state index in [0.29, 0.717) is 6.42 Å². The van der Waals surface area contributed by atoms with Crippen molar-refractivity contribution in [3.8, 4) is 0 Å². The lowest BCUT2D eigenvalue weighted by molar-refractivity contribution is -0.159. The Bertz CT molecular complexity index is 250. The van der Waals surface area contributed by atoms with Crippen LogP contribution in [-0.2, 0) is 14.3 Å². The molecule has 0 bridgehead atoms. The molecule has 0 heterocycles. The van der Waals surface area contributed by atoms with Gasteiger partial charge in [-0.15, -0.1) is 0 Å². The molecule has 0 radical (unpaired) electrons. The lowest BCUT2D eigenvalue weighted by Gasteiger charge is -2.15. The third-order valence-corrected chi connectivity index (χ3v) is 2.40. The molecule has 1 saturated carbocycles. The number of carbonyl (C=O) groups excluding carboxylic acids is 2. The van der Waals surface area contributed by atoms with E-state index in [0.717, 1.165) is 7.11 Å². The molecule has 1 aliphatic carbocycles. The molecule has 0 aromatic carbocycles. The van der Waals surface area contributed by atoms with E-state index in [9.17, 15) is 18.4 Å². The van der Waals surface area contributed by atoms with E-state index in [1.807, 2.05) is 0 Å². The van der Waals surface area contributed by atoms with Gasteiger partial charge in [-0.2, -0.15) is 8.78 Å². The number of methoxy groups -OCH3 is 1. The van der Waals surface area contributed by atoms with Gasteiger partial charge in [0, 0.05) is 6.42 Å². The van der Waals surface area contributed by atoms with Gasteiger partial charge in [-0.25, -0.2) is 0 Å². The monoisotopic (exact) mass is 206 g/mol. The molecule has 80 valence electrons. The van der Waals surface area contributed by atoms with Crippen molar-refractivity contribution in [3.05, 3.63) is 0 Å². The summed E-state index contributed by atoms with van der Waals surface area (Å²) < 4.78 is 30.4. The van der Waals surface area contributed by atoms with Crippen LogP contribution in [0.2, 0.25) is 0 Å². The van der Waals surface area contributed by atoms with Crippen molar-refractivity contribution in [2.75, 3.05) is 7.11 Å². The number of hydrogen-bond acceptors (Lipinski definition) is 3. The van der Waals surface area contributed by atoms with E-state index in [1.165, 1.54) is 0 Å². The molecule has 0 N–H and O–H groups in total. The third-order valence-electron chi connectivity index (χ3n) is 2.40. The summed E-state index contributed by atoms with van der Waals surface area (Å²) in [4.78, 5) is 22.3. The number of alkyl halides is 2. The Morgan fingerprint density at radius 3 is 2.71 bits per heavy atom. The zero-order valence-corrected chi connectivity index (χ0v) is 7.89. The van der Waals surface area contributed by atoms with Crippen LogP contribution in [-0.4, -0.2) is 24.8 Å². The minimum absolute atomic E-state index is 0.168. The normalized spacial score (nSPS) is 26.8. The molecule has 0 aliphatic heterocycles. The number of Topliss-reactive ketones (excluding diaryl/α,β-unsaturated/α-hetero) is 1. The van der Waals surface area contributed by atoms with Crippen molar-refractivity contribution in [3.63, 3.8) is 0 Å². The summed E-state index contributed by atoms with van der Waals surface area (Å²) in [7, 11) is 1.10. The summed E-state index contributed by atoms with van der Waals surface area (Å²) in [5.41, 5.74) is 0. The molecule has 1 rings (SSSR count). The Morgan fingerprint density at radius 2 is 2.14 bits per heavy atom. The summed E-state index contributed by atoms with van der Waals surface area (Å²) in [6.45, 7) is 0. The maximum atomic E-state index is 13.0. The van der Waals surface area contributed by atoms with Crippen LogP contribution in [0, 0.1) is 5.92 Å². The van der Waals surface area contributed by atoms with Crippen molar-refractivity contribution in [1.82, 2.24) is 0 Å². The van der Waals surface area contributed by atoms with Gasteiger partial charge in [-0.1, -0.05) is 6.42 Å². The molecule has 14 heavy (non-hydrogen) atoms.